The van der Waals surface area contributed by atoms with Gasteiger partial charge >= 0.3 is 0 Å². The Morgan fingerprint density at radius 2 is 2.11 bits per heavy atom. The number of carbonyl (C=O) groups is 1. The van der Waals surface area contributed by atoms with E-state index in [2.05, 4.69) is 43.9 Å². The summed E-state index contributed by atoms with van der Waals surface area (Å²) in [5, 5.41) is 0. The normalized spacial score (nSPS) is 21.1. The second-order valence-corrected chi connectivity index (χ2v) is 16.2. The van der Waals surface area contributed by atoms with Crippen LogP contribution in [0.2, 0.25) is 38.8 Å². The van der Waals surface area contributed by atoms with Gasteiger partial charge in [-0.25, -0.2) is 0 Å². The van der Waals surface area contributed by atoms with E-state index in [-0.39, 0.29) is 5.97 Å². The van der Waals surface area contributed by atoms with Crippen LogP contribution in [0.25, 0.3) is 0 Å². The predicted octanol–water partition coefficient (Wildman–Crippen LogP) is 3.61. The number of hydrogen-bond acceptors (Lipinski definition) is 3. The fraction of sp³-hybridized carbons (Fsp3) is 0.786. The van der Waals surface area contributed by atoms with E-state index in [1.807, 2.05) is 6.08 Å². The third kappa shape index (κ3) is 5.24. The molecule has 0 saturated carbocycles. The van der Waals surface area contributed by atoms with Gasteiger partial charge in [-0.2, -0.15) is 0 Å². The van der Waals surface area contributed by atoms with E-state index in [1.54, 1.807) is 0 Å². The highest BCUT2D eigenvalue weighted by atomic mass is 28.4. The third-order valence-corrected chi connectivity index (χ3v) is 8.23. The van der Waals surface area contributed by atoms with Crippen molar-refractivity contribution in [3.63, 3.8) is 0 Å². The summed E-state index contributed by atoms with van der Waals surface area (Å²) >= 11 is 0. The van der Waals surface area contributed by atoms with E-state index in [4.69, 9.17) is 4.43 Å². The van der Waals surface area contributed by atoms with Crippen LogP contribution < -0.4 is 0 Å². The Bertz CT molecular complexity index is 337. The van der Waals surface area contributed by atoms with Crippen LogP contribution in [-0.2, 0) is 9.22 Å². The lowest BCUT2D eigenvalue weighted by atomic mass is 10.1. The van der Waals surface area contributed by atoms with Gasteiger partial charge in [-0.15, -0.1) is 6.58 Å². The van der Waals surface area contributed by atoms with Gasteiger partial charge in [-0.1, -0.05) is 19.2 Å². The summed E-state index contributed by atoms with van der Waals surface area (Å²) in [7, 11) is -3.07. The van der Waals surface area contributed by atoms with E-state index in [9.17, 15) is 4.79 Å². The smallest absolute Gasteiger partial charge is 0.294 e. The Morgan fingerprint density at radius 3 is 2.53 bits per heavy atom. The van der Waals surface area contributed by atoms with Gasteiger partial charge in [-0.05, 0) is 45.1 Å². The van der Waals surface area contributed by atoms with Gasteiger partial charge < -0.3 is 8.99 Å². The molecule has 1 fully saturated rings. The standard InChI is InChI=1S/C14H29NO2Si2/c1-7-9-13(12-14(16)17-18(2,3)4)15-10-8-11-19(15,5)6/h7,13H,1,8-12H2,2-6H3. The Labute approximate surface area is 120 Å². The van der Waals surface area contributed by atoms with Crippen LogP contribution in [-0.4, -0.2) is 39.7 Å². The molecular weight excluding hydrogens is 270 g/mol. The molecule has 0 amide bonds. The van der Waals surface area contributed by atoms with E-state index >= 15 is 0 Å². The fourth-order valence-electron chi connectivity index (χ4n) is 2.89. The monoisotopic (exact) mass is 299 g/mol. The predicted molar refractivity (Wildman–Crippen MR) is 86.3 cm³/mol. The molecule has 1 atom stereocenters. The Balaban J connectivity index is 2.68. The molecule has 1 rings (SSSR count). The largest absolute Gasteiger partial charge is 0.520 e. The zero-order chi connectivity index (χ0) is 14.7. The molecule has 0 aromatic rings. The molecule has 1 aliphatic rings. The van der Waals surface area contributed by atoms with Gasteiger partial charge in [0.2, 0.25) is 8.32 Å². The molecule has 0 spiro atoms. The van der Waals surface area contributed by atoms with Crippen LogP contribution in [0.15, 0.2) is 12.7 Å². The van der Waals surface area contributed by atoms with Gasteiger partial charge in [0.05, 0.1) is 6.42 Å². The summed E-state index contributed by atoms with van der Waals surface area (Å²) in [5.74, 6) is -0.0253. The molecule has 110 valence electrons. The van der Waals surface area contributed by atoms with Crippen molar-refractivity contribution >= 4 is 22.5 Å². The SMILES string of the molecule is C=CCC(CC(=O)O[Si](C)(C)C)N1CCC[Si]1(C)C. The Kier molecular flexibility index (Phi) is 5.58. The zero-order valence-corrected chi connectivity index (χ0v) is 15.2. The van der Waals surface area contributed by atoms with Gasteiger partial charge in [0.15, 0.2) is 0 Å². The maximum absolute atomic E-state index is 12.1. The van der Waals surface area contributed by atoms with Crippen molar-refractivity contribution in [3.8, 4) is 0 Å². The molecule has 1 aliphatic heterocycles. The first-order valence-corrected chi connectivity index (χ1v) is 13.8. The van der Waals surface area contributed by atoms with Crippen molar-refractivity contribution < 1.29 is 9.22 Å². The average Bonchev–Trinajstić information content (AvgIpc) is 2.54. The zero-order valence-electron chi connectivity index (χ0n) is 13.2. The minimum absolute atomic E-state index is 0.0253. The van der Waals surface area contributed by atoms with Gasteiger partial charge in [0, 0.05) is 6.04 Å². The number of carbonyl (C=O) groups excluding carboxylic acids is 1. The molecule has 0 bridgehead atoms. The topological polar surface area (TPSA) is 29.5 Å². The van der Waals surface area contributed by atoms with Crippen molar-refractivity contribution in [2.24, 2.45) is 0 Å². The van der Waals surface area contributed by atoms with Crippen LogP contribution in [0.5, 0.6) is 0 Å². The van der Waals surface area contributed by atoms with Crippen LogP contribution >= 0.6 is 0 Å². The molecule has 1 unspecified atom stereocenters. The minimum atomic E-state index is -1.77. The van der Waals surface area contributed by atoms with E-state index in [0.29, 0.717) is 12.5 Å². The third-order valence-electron chi connectivity index (χ3n) is 3.67. The van der Waals surface area contributed by atoms with Crippen molar-refractivity contribution in [2.45, 2.75) is 64.1 Å². The highest BCUT2D eigenvalue weighted by molar-refractivity contribution is 6.75. The summed E-state index contributed by atoms with van der Waals surface area (Å²) < 4.78 is 8.19. The molecule has 0 N–H and O–H groups in total. The van der Waals surface area contributed by atoms with Crippen LogP contribution in [0, 0.1) is 0 Å². The second kappa shape index (κ2) is 6.37. The number of rotatable bonds is 6. The summed E-state index contributed by atoms with van der Waals surface area (Å²) in [4.78, 5) is 12.1. The Morgan fingerprint density at radius 1 is 1.47 bits per heavy atom. The number of nitrogens with zero attached hydrogens (tertiary/aromatic N) is 1. The average molecular weight is 300 g/mol. The lowest BCUT2D eigenvalue weighted by Crippen LogP contribution is -2.50. The van der Waals surface area contributed by atoms with Gasteiger partial charge in [0.1, 0.15) is 8.24 Å². The lowest BCUT2D eigenvalue weighted by molar-refractivity contribution is -0.136. The molecule has 0 aromatic heterocycles. The fourth-order valence-corrected chi connectivity index (χ4v) is 6.92. The van der Waals surface area contributed by atoms with E-state index in [0.717, 1.165) is 13.0 Å². The van der Waals surface area contributed by atoms with Crippen LogP contribution in [0.1, 0.15) is 19.3 Å². The molecular formula is C14H29NO2Si2. The Hall–Kier alpha value is -0.396. The molecule has 0 aliphatic carbocycles. The maximum Gasteiger partial charge on any atom is 0.294 e. The summed E-state index contributed by atoms with van der Waals surface area (Å²) in [6.07, 6.45) is 4.62. The molecule has 0 radical (unpaired) electrons. The van der Waals surface area contributed by atoms with Gasteiger partial charge in [-0.3, -0.25) is 4.79 Å². The first kappa shape index (κ1) is 16.7. The first-order valence-electron chi connectivity index (χ1n) is 7.25. The highest BCUT2D eigenvalue weighted by Gasteiger charge is 2.39. The van der Waals surface area contributed by atoms with E-state index in [1.165, 1.54) is 12.5 Å². The van der Waals surface area contributed by atoms with E-state index < -0.39 is 16.6 Å². The molecule has 1 heterocycles. The molecule has 5 heteroatoms. The maximum atomic E-state index is 12.1. The first-order chi connectivity index (χ1) is 8.65. The molecule has 0 aromatic carbocycles. The lowest BCUT2D eigenvalue weighted by Gasteiger charge is -2.37. The molecule has 1 saturated heterocycles. The van der Waals surface area contributed by atoms with Gasteiger partial charge in [0.25, 0.3) is 5.97 Å². The highest BCUT2D eigenvalue weighted by Crippen LogP contribution is 2.30. The molecule has 3 nitrogen and oxygen atoms in total. The van der Waals surface area contributed by atoms with Crippen LogP contribution in [0.4, 0.5) is 0 Å². The molecule has 19 heavy (non-hydrogen) atoms. The van der Waals surface area contributed by atoms with Crippen molar-refractivity contribution in [1.29, 1.82) is 0 Å². The minimum Gasteiger partial charge on any atom is -0.520 e. The quantitative estimate of drug-likeness (QED) is 0.554. The summed E-state index contributed by atoms with van der Waals surface area (Å²) in [6, 6.07) is 1.63. The second-order valence-electron chi connectivity index (χ2n) is 7.08. The van der Waals surface area contributed by atoms with Crippen molar-refractivity contribution in [2.75, 3.05) is 6.54 Å². The van der Waals surface area contributed by atoms with Crippen molar-refractivity contribution in [3.05, 3.63) is 12.7 Å². The summed E-state index contributed by atoms with van der Waals surface area (Å²) in [5.41, 5.74) is 0. The number of hydrogen-bond donors (Lipinski definition) is 0. The van der Waals surface area contributed by atoms with Crippen LogP contribution in [0.3, 0.4) is 0 Å². The summed E-state index contributed by atoms with van der Waals surface area (Å²) in [6.45, 7) is 16.0. The van der Waals surface area contributed by atoms with Crippen molar-refractivity contribution in [1.82, 2.24) is 4.57 Å².